The molecule has 1 aromatic rings. The Bertz CT molecular complexity index is 497. The maximum absolute atomic E-state index is 10.6. The molecule has 1 aliphatic rings. The highest BCUT2D eigenvalue weighted by molar-refractivity contribution is 5.20. The van der Waals surface area contributed by atoms with Crippen LogP contribution in [0, 0.1) is 10.1 Å². The van der Waals surface area contributed by atoms with Gasteiger partial charge in [0.15, 0.2) is 0 Å². The van der Waals surface area contributed by atoms with E-state index < -0.39 is 16.6 Å². The lowest BCUT2D eigenvalue weighted by molar-refractivity contribution is -0.385. The molecule has 1 saturated heterocycles. The molecule has 0 aromatic carbocycles. The SMILES string of the molecule is CC(C)(O)C1CCCN1CC(O)Cn1cc([N+](=O)[O-])cn1. The van der Waals surface area contributed by atoms with Crippen molar-refractivity contribution in [3.05, 3.63) is 22.5 Å². The van der Waals surface area contributed by atoms with E-state index >= 15 is 0 Å². The third-order valence-corrected chi connectivity index (χ3v) is 3.85. The van der Waals surface area contributed by atoms with Crippen LogP contribution in [0.2, 0.25) is 0 Å². The number of aromatic nitrogens is 2. The molecule has 21 heavy (non-hydrogen) atoms. The molecule has 118 valence electrons. The van der Waals surface area contributed by atoms with Gasteiger partial charge in [0.1, 0.15) is 12.4 Å². The first kappa shape index (κ1) is 15.9. The van der Waals surface area contributed by atoms with Crippen LogP contribution in [0.5, 0.6) is 0 Å². The highest BCUT2D eigenvalue weighted by atomic mass is 16.6. The van der Waals surface area contributed by atoms with E-state index in [1.165, 1.54) is 17.1 Å². The lowest BCUT2D eigenvalue weighted by Gasteiger charge is -2.34. The second-order valence-electron chi connectivity index (χ2n) is 6.14. The Balaban J connectivity index is 1.91. The molecule has 2 N–H and O–H groups in total. The van der Waals surface area contributed by atoms with Crippen LogP contribution in [0.1, 0.15) is 26.7 Å². The third kappa shape index (κ3) is 3.99. The summed E-state index contributed by atoms with van der Waals surface area (Å²) in [5, 5.41) is 34.7. The number of nitrogens with zero attached hydrogens (tertiary/aromatic N) is 4. The van der Waals surface area contributed by atoms with Crippen LogP contribution in [0.3, 0.4) is 0 Å². The monoisotopic (exact) mass is 298 g/mol. The van der Waals surface area contributed by atoms with Crippen molar-refractivity contribution in [2.75, 3.05) is 13.1 Å². The van der Waals surface area contributed by atoms with Crippen LogP contribution >= 0.6 is 0 Å². The van der Waals surface area contributed by atoms with E-state index in [1.807, 2.05) is 0 Å². The topological polar surface area (TPSA) is 105 Å². The fourth-order valence-electron chi connectivity index (χ4n) is 2.94. The van der Waals surface area contributed by atoms with Crippen molar-refractivity contribution in [1.29, 1.82) is 0 Å². The molecule has 0 aliphatic carbocycles. The van der Waals surface area contributed by atoms with Gasteiger partial charge in [0.25, 0.3) is 0 Å². The minimum atomic E-state index is -0.805. The molecule has 8 nitrogen and oxygen atoms in total. The number of aliphatic hydroxyl groups excluding tert-OH is 1. The summed E-state index contributed by atoms with van der Waals surface area (Å²) >= 11 is 0. The molecule has 0 radical (unpaired) electrons. The van der Waals surface area contributed by atoms with Gasteiger partial charge in [-0.25, -0.2) is 0 Å². The number of nitro groups is 1. The van der Waals surface area contributed by atoms with Gasteiger partial charge in [-0.05, 0) is 33.2 Å². The quantitative estimate of drug-likeness (QED) is 0.581. The Hall–Kier alpha value is -1.51. The lowest BCUT2D eigenvalue weighted by atomic mass is 9.96. The first-order chi connectivity index (χ1) is 9.77. The fraction of sp³-hybridized carbons (Fsp3) is 0.769. The minimum absolute atomic E-state index is 0.0270. The summed E-state index contributed by atoms with van der Waals surface area (Å²) in [6.45, 7) is 5.01. The summed E-state index contributed by atoms with van der Waals surface area (Å²) in [5.41, 5.74) is -0.890. The molecule has 2 rings (SSSR count). The number of hydrogen-bond donors (Lipinski definition) is 2. The Morgan fingerprint density at radius 1 is 1.57 bits per heavy atom. The first-order valence-corrected chi connectivity index (χ1v) is 7.08. The van der Waals surface area contributed by atoms with E-state index in [-0.39, 0.29) is 18.3 Å². The molecule has 0 spiro atoms. The fourth-order valence-corrected chi connectivity index (χ4v) is 2.94. The molecule has 2 atom stereocenters. The molecule has 1 aliphatic heterocycles. The van der Waals surface area contributed by atoms with E-state index in [2.05, 4.69) is 10.00 Å². The zero-order valence-electron chi connectivity index (χ0n) is 12.3. The van der Waals surface area contributed by atoms with Gasteiger partial charge in [-0.2, -0.15) is 5.10 Å². The van der Waals surface area contributed by atoms with Crippen LogP contribution < -0.4 is 0 Å². The molecule has 0 amide bonds. The molecular formula is C13H22N4O4. The van der Waals surface area contributed by atoms with Gasteiger partial charge in [-0.3, -0.25) is 19.7 Å². The van der Waals surface area contributed by atoms with Crippen LogP contribution in [-0.4, -0.2) is 60.7 Å². The highest BCUT2D eigenvalue weighted by Gasteiger charge is 2.36. The maximum atomic E-state index is 10.6. The number of rotatable bonds is 6. The molecule has 2 unspecified atom stereocenters. The predicted molar refractivity (Wildman–Crippen MR) is 75.8 cm³/mol. The molecular weight excluding hydrogens is 276 g/mol. The van der Waals surface area contributed by atoms with Crippen molar-refractivity contribution in [2.24, 2.45) is 0 Å². The number of β-amino-alcohol motifs (C(OH)–C–C–N with tert-alkyl or cyclic N) is 1. The highest BCUT2D eigenvalue weighted by Crippen LogP contribution is 2.26. The lowest BCUT2D eigenvalue weighted by Crippen LogP contribution is -2.48. The summed E-state index contributed by atoms with van der Waals surface area (Å²) in [6, 6.07) is 0.0270. The van der Waals surface area contributed by atoms with E-state index in [0.717, 1.165) is 19.4 Å². The Labute approximate surface area is 123 Å². The average molecular weight is 298 g/mol. The van der Waals surface area contributed by atoms with Crippen molar-refractivity contribution < 1.29 is 15.1 Å². The number of aliphatic hydroxyl groups is 2. The zero-order chi connectivity index (χ0) is 15.6. The van der Waals surface area contributed by atoms with Crippen LogP contribution in [0.15, 0.2) is 12.4 Å². The first-order valence-electron chi connectivity index (χ1n) is 7.08. The standard InChI is InChI=1S/C13H22N4O4/c1-13(2,19)12-4-3-5-15(12)8-11(18)9-16-7-10(6-14-16)17(20)21/h6-7,11-12,18-19H,3-5,8-9H2,1-2H3. The maximum Gasteiger partial charge on any atom is 0.306 e. The third-order valence-electron chi connectivity index (χ3n) is 3.85. The van der Waals surface area contributed by atoms with Gasteiger partial charge in [0.2, 0.25) is 0 Å². The summed E-state index contributed by atoms with van der Waals surface area (Å²) in [6.07, 6.45) is 3.69. The minimum Gasteiger partial charge on any atom is -0.390 e. The van der Waals surface area contributed by atoms with Crippen molar-refractivity contribution in [3.63, 3.8) is 0 Å². The van der Waals surface area contributed by atoms with Crippen LogP contribution in [-0.2, 0) is 6.54 Å². The summed E-state index contributed by atoms with van der Waals surface area (Å²) < 4.78 is 1.37. The van der Waals surface area contributed by atoms with Crippen LogP contribution in [0.4, 0.5) is 5.69 Å². The van der Waals surface area contributed by atoms with Gasteiger partial charge in [0.05, 0.1) is 23.2 Å². The number of hydrogen-bond acceptors (Lipinski definition) is 6. The van der Waals surface area contributed by atoms with Crippen LogP contribution in [0.25, 0.3) is 0 Å². The van der Waals surface area contributed by atoms with Crippen molar-refractivity contribution in [3.8, 4) is 0 Å². The summed E-state index contributed by atoms with van der Waals surface area (Å²) in [4.78, 5) is 12.1. The molecule has 2 heterocycles. The molecule has 0 bridgehead atoms. The van der Waals surface area contributed by atoms with Gasteiger partial charge >= 0.3 is 5.69 Å². The summed E-state index contributed by atoms with van der Waals surface area (Å²) in [5.74, 6) is 0. The van der Waals surface area contributed by atoms with Crippen molar-refractivity contribution >= 4 is 5.69 Å². The van der Waals surface area contributed by atoms with Gasteiger partial charge in [-0.1, -0.05) is 0 Å². The molecule has 8 heteroatoms. The largest absolute Gasteiger partial charge is 0.390 e. The van der Waals surface area contributed by atoms with E-state index in [4.69, 9.17) is 0 Å². The predicted octanol–water partition coefficient (Wildman–Crippen LogP) is 0.387. The Morgan fingerprint density at radius 2 is 2.29 bits per heavy atom. The second kappa shape index (κ2) is 6.08. The van der Waals surface area contributed by atoms with E-state index in [1.54, 1.807) is 13.8 Å². The van der Waals surface area contributed by atoms with Crippen molar-refractivity contribution in [1.82, 2.24) is 14.7 Å². The van der Waals surface area contributed by atoms with Crippen molar-refractivity contribution in [2.45, 2.75) is 51.0 Å². The second-order valence-corrected chi connectivity index (χ2v) is 6.14. The molecule has 1 aromatic heterocycles. The average Bonchev–Trinajstić information content (AvgIpc) is 2.96. The van der Waals surface area contributed by atoms with E-state index in [0.29, 0.717) is 6.54 Å². The zero-order valence-corrected chi connectivity index (χ0v) is 12.3. The van der Waals surface area contributed by atoms with E-state index in [9.17, 15) is 20.3 Å². The Morgan fingerprint density at radius 3 is 2.86 bits per heavy atom. The van der Waals surface area contributed by atoms with Gasteiger partial charge in [0, 0.05) is 12.6 Å². The number of likely N-dealkylation sites (tertiary alicyclic amines) is 1. The smallest absolute Gasteiger partial charge is 0.306 e. The Kier molecular flexibility index (Phi) is 4.60. The summed E-state index contributed by atoms with van der Waals surface area (Å²) in [7, 11) is 0. The van der Waals surface area contributed by atoms with Gasteiger partial charge in [-0.15, -0.1) is 0 Å². The normalized spacial score (nSPS) is 21.6. The molecule has 0 saturated carbocycles. The molecule has 1 fully saturated rings. The van der Waals surface area contributed by atoms with Gasteiger partial charge < -0.3 is 10.2 Å².